The van der Waals surface area contributed by atoms with Gasteiger partial charge in [-0.05, 0) is 6.07 Å². The predicted octanol–water partition coefficient (Wildman–Crippen LogP) is 1.66. The van der Waals surface area contributed by atoms with Crippen molar-refractivity contribution in [3.8, 4) is 0 Å². The van der Waals surface area contributed by atoms with E-state index in [1.807, 2.05) is 0 Å². The number of ether oxygens (including phenoxy) is 1. The second kappa shape index (κ2) is 3.59. The highest BCUT2D eigenvalue weighted by Crippen LogP contribution is 2.28. The first-order valence-corrected chi connectivity index (χ1v) is 4.02. The molecule has 0 aromatic carbocycles. The molecule has 0 aliphatic carbocycles. The summed E-state index contributed by atoms with van der Waals surface area (Å²) in [5.74, 6) is 0. The predicted molar refractivity (Wildman–Crippen MR) is 44.6 cm³/mol. The van der Waals surface area contributed by atoms with Gasteiger partial charge in [0, 0.05) is 0 Å². The Bertz CT molecular complexity index is 261. The molecule has 3 nitrogen and oxygen atoms in total. The average Bonchev–Trinajstić information content (AvgIpc) is 2.26. The molecule has 1 aromatic heterocycles. The van der Waals surface area contributed by atoms with Gasteiger partial charge in [-0.25, -0.2) is 0 Å². The maximum atomic E-state index is 9.80. The molecule has 0 bridgehead atoms. The van der Waals surface area contributed by atoms with Crippen molar-refractivity contribution in [2.45, 2.75) is 6.61 Å². The minimum atomic E-state index is 0.201. The van der Waals surface area contributed by atoms with Gasteiger partial charge in [0.05, 0.1) is 14.9 Å². The van der Waals surface area contributed by atoms with Gasteiger partial charge in [-0.3, -0.25) is 4.79 Å². The first-order chi connectivity index (χ1) is 5.24. The van der Waals surface area contributed by atoms with Crippen LogP contribution in [0.5, 0.6) is 0 Å². The monoisotopic (exact) mass is 191 g/mol. The number of hydrogen-bond donors (Lipinski definition) is 1. The van der Waals surface area contributed by atoms with Gasteiger partial charge in [-0.1, -0.05) is 11.6 Å². The van der Waals surface area contributed by atoms with E-state index in [1.165, 1.54) is 11.3 Å². The normalized spacial score (nSPS) is 9.55. The molecule has 2 N–H and O–H groups in total. The number of thiophene rings is 1. The van der Waals surface area contributed by atoms with Gasteiger partial charge in [-0.15, -0.1) is 11.3 Å². The van der Waals surface area contributed by atoms with Crippen LogP contribution in [0.4, 0.5) is 5.69 Å². The van der Waals surface area contributed by atoms with Crippen LogP contribution in [-0.2, 0) is 16.1 Å². The second-order valence-electron chi connectivity index (χ2n) is 1.84. The Kier molecular flexibility index (Phi) is 2.73. The van der Waals surface area contributed by atoms with E-state index in [-0.39, 0.29) is 6.61 Å². The summed E-state index contributed by atoms with van der Waals surface area (Å²) in [5, 5.41) is 0. The highest BCUT2D eigenvalue weighted by Gasteiger charge is 2.03. The molecule has 1 heterocycles. The Morgan fingerprint density at radius 1 is 1.82 bits per heavy atom. The van der Waals surface area contributed by atoms with Crippen LogP contribution >= 0.6 is 22.9 Å². The van der Waals surface area contributed by atoms with E-state index in [0.717, 1.165) is 4.88 Å². The lowest BCUT2D eigenvalue weighted by atomic mass is 10.4. The second-order valence-corrected chi connectivity index (χ2v) is 3.60. The molecule has 1 aromatic rings. The van der Waals surface area contributed by atoms with Gasteiger partial charge in [-0.2, -0.15) is 0 Å². The molecule has 0 atom stereocenters. The minimum absolute atomic E-state index is 0.201. The SMILES string of the molecule is Nc1cc(Cl)sc1COC=O. The van der Waals surface area contributed by atoms with Crippen LogP contribution in [0, 0.1) is 0 Å². The van der Waals surface area contributed by atoms with Crippen molar-refractivity contribution in [3.05, 3.63) is 15.3 Å². The van der Waals surface area contributed by atoms with Gasteiger partial charge in [0.25, 0.3) is 6.47 Å². The molecule has 1 rings (SSSR count). The molecule has 5 heteroatoms. The molecule has 11 heavy (non-hydrogen) atoms. The van der Waals surface area contributed by atoms with Crippen LogP contribution in [0.25, 0.3) is 0 Å². The fourth-order valence-corrected chi connectivity index (χ4v) is 1.75. The molecular formula is C6H6ClNO2S. The third kappa shape index (κ3) is 2.10. The summed E-state index contributed by atoms with van der Waals surface area (Å²) in [6.07, 6.45) is 0. The number of halogens is 1. The maximum Gasteiger partial charge on any atom is 0.293 e. The Morgan fingerprint density at radius 3 is 3.00 bits per heavy atom. The Hall–Kier alpha value is -0.740. The standard InChI is InChI=1S/C6H6ClNO2S/c7-6-1-4(8)5(11-6)2-10-3-9/h1,3H,2,8H2. The molecule has 0 saturated carbocycles. The molecule has 0 amide bonds. The third-order valence-corrected chi connectivity index (χ3v) is 2.35. The van der Waals surface area contributed by atoms with Crippen molar-refractivity contribution in [3.63, 3.8) is 0 Å². The van der Waals surface area contributed by atoms with Crippen LogP contribution in [0.15, 0.2) is 6.07 Å². The Labute approximate surface area is 72.7 Å². The number of nitrogen functional groups attached to an aromatic ring is 1. The lowest BCUT2D eigenvalue weighted by molar-refractivity contribution is -0.129. The van der Waals surface area contributed by atoms with E-state index in [0.29, 0.717) is 16.5 Å². The first-order valence-electron chi connectivity index (χ1n) is 2.83. The maximum absolute atomic E-state index is 9.80. The Morgan fingerprint density at radius 2 is 2.55 bits per heavy atom. The van der Waals surface area contributed by atoms with E-state index >= 15 is 0 Å². The van der Waals surface area contributed by atoms with Crippen molar-refractivity contribution < 1.29 is 9.53 Å². The van der Waals surface area contributed by atoms with Gasteiger partial charge in [0.15, 0.2) is 0 Å². The summed E-state index contributed by atoms with van der Waals surface area (Å²) >= 11 is 6.95. The molecule has 0 spiro atoms. The summed E-state index contributed by atoms with van der Waals surface area (Å²) in [6.45, 7) is 0.583. The van der Waals surface area contributed by atoms with Crippen LogP contribution in [0.1, 0.15) is 4.88 Å². The van der Waals surface area contributed by atoms with Crippen molar-refractivity contribution in [1.29, 1.82) is 0 Å². The smallest absolute Gasteiger partial charge is 0.293 e. The average molecular weight is 192 g/mol. The molecule has 0 aliphatic rings. The van der Waals surface area contributed by atoms with E-state index in [1.54, 1.807) is 6.07 Å². The molecule has 60 valence electrons. The topological polar surface area (TPSA) is 52.3 Å². The minimum Gasteiger partial charge on any atom is -0.462 e. The zero-order chi connectivity index (χ0) is 8.27. The summed E-state index contributed by atoms with van der Waals surface area (Å²) in [6, 6.07) is 1.63. The van der Waals surface area contributed by atoms with E-state index in [4.69, 9.17) is 17.3 Å². The van der Waals surface area contributed by atoms with Crippen LogP contribution < -0.4 is 5.73 Å². The van der Waals surface area contributed by atoms with E-state index < -0.39 is 0 Å². The zero-order valence-corrected chi connectivity index (χ0v) is 7.11. The molecule has 0 saturated heterocycles. The van der Waals surface area contributed by atoms with E-state index in [2.05, 4.69) is 4.74 Å². The molecule has 0 aliphatic heterocycles. The van der Waals surface area contributed by atoms with Gasteiger partial charge >= 0.3 is 0 Å². The van der Waals surface area contributed by atoms with Crippen LogP contribution in [0.2, 0.25) is 4.34 Å². The number of rotatable bonds is 3. The lowest BCUT2D eigenvalue weighted by Gasteiger charge is -1.94. The van der Waals surface area contributed by atoms with Crippen molar-refractivity contribution in [2.75, 3.05) is 5.73 Å². The highest BCUT2D eigenvalue weighted by molar-refractivity contribution is 7.16. The number of carbonyl (C=O) groups is 1. The first kappa shape index (κ1) is 8.36. The van der Waals surface area contributed by atoms with Crippen molar-refractivity contribution >= 4 is 35.1 Å². The fourth-order valence-electron chi connectivity index (χ4n) is 0.631. The van der Waals surface area contributed by atoms with Gasteiger partial charge < -0.3 is 10.5 Å². The number of hydrogen-bond acceptors (Lipinski definition) is 4. The summed E-state index contributed by atoms with van der Waals surface area (Å²) in [5.41, 5.74) is 6.08. The molecule has 0 fully saturated rings. The summed E-state index contributed by atoms with van der Waals surface area (Å²) < 4.78 is 5.11. The van der Waals surface area contributed by atoms with Gasteiger partial charge in [0.2, 0.25) is 0 Å². The number of carbonyl (C=O) groups excluding carboxylic acids is 1. The van der Waals surface area contributed by atoms with Crippen molar-refractivity contribution in [2.24, 2.45) is 0 Å². The molecular weight excluding hydrogens is 186 g/mol. The summed E-state index contributed by atoms with van der Waals surface area (Å²) in [4.78, 5) is 10.6. The Balaban J connectivity index is 2.69. The largest absolute Gasteiger partial charge is 0.462 e. The third-order valence-electron chi connectivity index (χ3n) is 1.09. The van der Waals surface area contributed by atoms with Crippen molar-refractivity contribution in [1.82, 2.24) is 0 Å². The van der Waals surface area contributed by atoms with E-state index in [9.17, 15) is 4.79 Å². The van der Waals surface area contributed by atoms with Gasteiger partial charge in [0.1, 0.15) is 6.61 Å². The quantitative estimate of drug-likeness (QED) is 0.740. The van der Waals surface area contributed by atoms with Crippen LogP contribution in [-0.4, -0.2) is 6.47 Å². The number of nitrogens with two attached hydrogens (primary N) is 1. The van der Waals surface area contributed by atoms with Crippen LogP contribution in [0.3, 0.4) is 0 Å². The fraction of sp³-hybridized carbons (Fsp3) is 0.167. The number of anilines is 1. The molecule has 0 unspecified atom stereocenters. The molecule has 0 radical (unpaired) electrons. The zero-order valence-electron chi connectivity index (χ0n) is 5.54. The highest BCUT2D eigenvalue weighted by atomic mass is 35.5. The summed E-state index contributed by atoms with van der Waals surface area (Å²) in [7, 11) is 0. The lowest BCUT2D eigenvalue weighted by Crippen LogP contribution is -1.91.